The van der Waals surface area contributed by atoms with Gasteiger partial charge in [0.05, 0.1) is 7.11 Å². The SMILES string of the molecule is COc1cccc(COC(=O)N(CCCl)CCCl)c1. The fourth-order valence-electron chi connectivity index (χ4n) is 1.50. The number of hydrogen-bond donors (Lipinski definition) is 0. The molecular weight excluding hydrogens is 289 g/mol. The van der Waals surface area contributed by atoms with Crippen molar-refractivity contribution in [2.45, 2.75) is 6.61 Å². The van der Waals surface area contributed by atoms with Crippen LogP contribution in [0.2, 0.25) is 0 Å². The minimum Gasteiger partial charge on any atom is -0.497 e. The summed E-state index contributed by atoms with van der Waals surface area (Å²) < 4.78 is 10.3. The predicted octanol–water partition coefficient (Wildman–Crippen LogP) is 3.11. The molecule has 19 heavy (non-hydrogen) atoms. The molecule has 0 fully saturated rings. The Morgan fingerprint density at radius 2 is 1.95 bits per heavy atom. The van der Waals surface area contributed by atoms with Crippen molar-refractivity contribution >= 4 is 29.3 Å². The molecule has 0 heterocycles. The molecule has 0 N–H and O–H groups in total. The third-order valence-corrected chi connectivity index (χ3v) is 2.80. The Hall–Kier alpha value is -1.13. The van der Waals surface area contributed by atoms with Crippen LogP contribution in [0.15, 0.2) is 24.3 Å². The molecule has 0 aliphatic rings. The van der Waals surface area contributed by atoms with Gasteiger partial charge in [-0.05, 0) is 17.7 Å². The molecule has 1 aromatic carbocycles. The zero-order valence-electron chi connectivity index (χ0n) is 10.8. The second kappa shape index (κ2) is 8.88. The highest BCUT2D eigenvalue weighted by molar-refractivity contribution is 6.18. The number of alkyl halides is 2. The van der Waals surface area contributed by atoms with Crippen molar-refractivity contribution in [2.75, 3.05) is 32.0 Å². The Bertz CT molecular complexity index is 395. The van der Waals surface area contributed by atoms with Gasteiger partial charge in [-0.25, -0.2) is 4.79 Å². The third kappa shape index (κ3) is 5.57. The van der Waals surface area contributed by atoms with Crippen molar-refractivity contribution in [3.63, 3.8) is 0 Å². The number of benzene rings is 1. The molecule has 0 atom stereocenters. The number of nitrogens with zero attached hydrogens (tertiary/aromatic N) is 1. The van der Waals surface area contributed by atoms with Gasteiger partial charge in [-0.2, -0.15) is 0 Å². The van der Waals surface area contributed by atoms with Crippen LogP contribution in [-0.4, -0.2) is 43.0 Å². The number of carbonyl (C=O) groups is 1. The van der Waals surface area contributed by atoms with E-state index in [-0.39, 0.29) is 6.61 Å². The predicted molar refractivity (Wildman–Crippen MR) is 76.2 cm³/mol. The number of rotatable bonds is 7. The molecule has 6 heteroatoms. The lowest BCUT2D eigenvalue weighted by Gasteiger charge is -2.19. The van der Waals surface area contributed by atoms with E-state index in [0.717, 1.165) is 11.3 Å². The summed E-state index contributed by atoms with van der Waals surface area (Å²) in [5.74, 6) is 1.43. The Morgan fingerprint density at radius 1 is 1.26 bits per heavy atom. The summed E-state index contributed by atoms with van der Waals surface area (Å²) in [6, 6.07) is 7.36. The summed E-state index contributed by atoms with van der Waals surface area (Å²) in [5, 5.41) is 0. The van der Waals surface area contributed by atoms with Crippen molar-refractivity contribution in [1.29, 1.82) is 0 Å². The van der Waals surface area contributed by atoms with Gasteiger partial charge in [0, 0.05) is 24.8 Å². The highest BCUT2D eigenvalue weighted by Gasteiger charge is 2.13. The molecule has 0 aliphatic carbocycles. The van der Waals surface area contributed by atoms with E-state index in [1.165, 1.54) is 4.90 Å². The molecular formula is C13H17Cl2NO3. The van der Waals surface area contributed by atoms with Gasteiger partial charge in [0.15, 0.2) is 0 Å². The Kier molecular flexibility index (Phi) is 7.45. The topological polar surface area (TPSA) is 38.8 Å². The van der Waals surface area contributed by atoms with Crippen LogP contribution in [0.25, 0.3) is 0 Å². The van der Waals surface area contributed by atoms with Crippen molar-refractivity contribution < 1.29 is 14.3 Å². The quantitative estimate of drug-likeness (QED) is 0.727. The van der Waals surface area contributed by atoms with E-state index in [1.807, 2.05) is 24.3 Å². The Morgan fingerprint density at radius 3 is 2.53 bits per heavy atom. The van der Waals surface area contributed by atoms with Gasteiger partial charge in [0.1, 0.15) is 12.4 Å². The molecule has 0 spiro atoms. The Balaban J connectivity index is 2.51. The fourth-order valence-corrected chi connectivity index (χ4v) is 1.91. The summed E-state index contributed by atoms with van der Waals surface area (Å²) in [7, 11) is 1.59. The van der Waals surface area contributed by atoms with Gasteiger partial charge in [0.2, 0.25) is 0 Å². The maximum Gasteiger partial charge on any atom is 0.410 e. The van der Waals surface area contributed by atoms with Gasteiger partial charge in [0.25, 0.3) is 0 Å². The monoisotopic (exact) mass is 305 g/mol. The number of methoxy groups -OCH3 is 1. The first-order valence-corrected chi connectivity index (χ1v) is 6.94. The van der Waals surface area contributed by atoms with E-state index in [0.29, 0.717) is 24.8 Å². The lowest BCUT2D eigenvalue weighted by atomic mass is 10.2. The van der Waals surface area contributed by atoms with E-state index in [4.69, 9.17) is 32.7 Å². The maximum atomic E-state index is 11.8. The lowest BCUT2D eigenvalue weighted by Crippen LogP contribution is -2.34. The zero-order chi connectivity index (χ0) is 14.1. The normalized spacial score (nSPS) is 10.1. The fraction of sp³-hybridized carbons (Fsp3) is 0.462. The van der Waals surface area contributed by atoms with Crippen molar-refractivity contribution in [3.05, 3.63) is 29.8 Å². The summed E-state index contributed by atoms with van der Waals surface area (Å²) in [4.78, 5) is 13.3. The molecule has 0 saturated carbocycles. The van der Waals surface area contributed by atoms with Crippen LogP contribution in [0.5, 0.6) is 5.75 Å². The van der Waals surface area contributed by atoms with Crippen LogP contribution in [0.4, 0.5) is 4.79 Å². The number of ether oxygens (including phenoxy) is 2. The Labute approximate surface area is 123 Å². The van der Waals surface area contributed by atoms with Gasteiger partial charge < -0.3 is 14.4 Å². The van der Waals surface area contributed by atoms with Crippen molar-refractivity contribution in [3.8, 4) is 5.75 Å². The molecule has 0 aromatic heterocycles. The lowest BCUT2D eigenvalue weighted by molar-refractivity contribution is 0.100. The molecule has 4 nitrogen and oxygen atoms in total. The minimum atomic E-state index is -0.413. The third-order valence-electron chi connectivity index (χ3n) is 2.46. The summed E-state index contributed by atoms with van der Waals surface area (Å²) in [6.45, 7) is 1.04. The smallest absolute Gasteiger partial charge is 0.410 e. The van der Waals surface area contributed by atoms with Crippen LogP contribution in [-0.2, 0) is 11.3 Å². The van der Waals surface area contributed by atoms with Crippen LogP contribution in [0, 0.1) is 0 Å². The average molecular weight is 306 g/mol. The van der Waals surface area contributed by atoms with E-state index in [2.05, 4.69) is 0 Å². The molecule has 106 valence electrons. The highest BCUT2D eigenvalue weighted by atomic mass is 35.5. The van der Waals surface area contributed by atoms with E-state index in [9.17, 15) is 4.79 Å². The van der Waals surface area contributed by atoms with E-state index < -0.39 is 6.09 Å². The van der Waals surface area contributed by atoms with Crippen LogP contribution in [0.1, 0.15) is 5.56 Å². The highest BCUT2D eigenvalue weighted by Crippen LogP contribution is 2.13. The van der Waals surface area contributed by atoms with E-state index in [1.54, 1.807) is 7.11 Å². The molecule has 1 rings (SSSR count). The molecule has 0 unspecified atom stereocenters. The van der Waals surface area contributed by atoms with Crippen molar-refractivity contribution in [1.82, 2.24) is 4.90 Å². The number of halogens is 2. The minimum absolute atomic E-state index is 0.192. The molecule has 0 radical (unpaired) electrons. The first kappa shape index (κ1) is 15.9. The standard InChI is InChI=1S/C13H17Cl2NO3/c1-18-12-4-2-3-11(9-12)10-19-13(17)16(7-5-14)8-6-15/h2-4,9H,5-8,10H2,1H3. The average Bonchev–Trinajstić information content (AvgIpc) is 2.44. The second-order valence-electron chi connectivity index (χ2n) is 3.77. The first-order valence-electron chi connectivity index (χ1n) is 5.87. The van der Waals surface area contributed by atoms with Gasteiger partial charge in [-0.3, -0.25) is 0 Å². The van der Waals surface area contributed by atoms with Crippen LogP contribution in [0.3, 0.4) is 0 Å². The second-order valence-corrected chi connectivity index (χ2v) is 4.53. The number of hydrogen-bond acceptors (Lipinski definition) is 3. The van der Waals surface area contributed by atoms with Crippen LogP contribution >= 0.6 is 23.2 Å². The van der Waals surface area contributed by atoms with Gasteiger partial charge in [-0.15, -0.1) is 23.2 Å². The molecule has 0 saturated heterocycles. The van der Waals surface area contributed by atoms with Gasteiger partial charge >= 0.3 is 6.09 Å². The summed E-state index contributed by atoms with van der Waals surface area (Å²) in [5.41, 5.74) is 0.865. The number of amides is 1. The van der Waals surface area contributed by atoms with Crippen LogP contribution < -0.4 is 4.74 Å². The van der Waals surface area contributed by atoms with Crippen molar-refractivity contribution in [2.24, 2.45) is 0 Å². The molecule has 1 amide bonds. The zero-order valence-corrected chi connectivity index (χ0v) is 12.3. The van der Waals surface area contributed by atoms with Gasteiger partial charge in [-0.1, -0.05) is 12.1 Å². The molecule has 1 aromatic rings. The molecule has 0 aliphatic heterocycles. The number of carbonyl (C=O) groups excluding carboxylic acids is 1. The summed E-state index contributed by atoms with van der Waals surface area (Å²) in [6.07, 6.45) is -0.413. The summed E-state index contributed by atoms with van der Waals surface area (Å²) >= 11 is 11.2. The first-order chi connectivity index (χ1) is 9.21. The maximum absolute atomic E-state index is 11.8. The molecule has 0 bridgehead atoms. The largest absolute Gasteiger partial charge is 0.497 e. The van der Waals surface area contributed by atoms with E-state index >= 15 is 0 Å².